The average Bonchev–Trinajstić information content (AvgIpc) is 2.76. The van der Waals surface area contributed by atoms with Gasteiger partial charge in [0.05, 0.1) is 13.0 Å². The van der Waals surface area contributed by atoms with Gasteiger partial charge in [-0.1, -0.05) is 0 Å². The molecule has 15 heavy (non-hydrogen) atoms. The van der Waals surface area contributed by atoms with Gasteiger partial charge in [-0.25, -0.2) is 0 Å². The van der Waals surface area contributed by atoms with Crippen LogP contribution in [0.5, 0.6) is 0 Å². The Labute approximate surface area is 106 Å². The number of hydrogen-bond donors (Lipinski definition) is 0. The molecule has 0 aliphatic heterocycles. The van der Waals surface area contributed by atoms with Gasteiger partial charge in [0.2, 0.25) is 0 Å². The molecule has 0 bridgehead atoms. The van der Waals surface area contributed by atoms with E-state index < -0.39 is 0 Å². The Morgan fingerprint density at radius 2 is 1.53 bits per heavy atom. The molecule has 1 saturated carbocycles. The Balaban J connectivity index is -0.0000000910. The van der Waals surface area contributed by atoms with Crippen LogP contribution in [-0.4, -0.2) is 13.1 Å². The van der Waals surface area contributed by atoms with Crippen LogP contribution in [0.1, 0.15) is 0 Å². The molecule has 80 valence electrons. The van der Waals surface area contributed by atoms with Crippen molar-refractivity contribution in [1.82, 2.24) is 0 Å². The van der Waals surface area contributed by atoms with E-state index in [0.29, 0.717) is 5.92 Å². The van der Waals surface area contributed by atoms with Crippen LogP contribution >= 0.6 is 0 Å². The van der Waals surface area contributed by atoms with Crippen molar-refractivity contribution in [3.8, 4) is 0 Å². The largest absolute Gasteiger partial charge is 3.00 e. The number of halogens is 1. The van der Waals surface area contributed by atoms with Gasteiger partial charge in [0.25, 0.3) is 0 Å². The number of hydrogen-bond acceptors (Lipinski definition) is 2. The van der Waals surface area contributed by atoms with Gasteiger partial charge in [0, 0.05) is 0 Å². The minimum absolute atomic E-state index is 0. The molecule has 0 aromatic heterocycles. The van der Waals surface area contributed by atoms with Gasteiger partial charge in [0.1, 0.15) is 0 Å². The zero-order valence-electron chi connectivity index (χ0n) is 7.67. The van der Waals surface area contributed by atoms with Crippen molar-refractivity contribution in [3.63, 3.8) is 0 Å². The maximum Gasteiger partial charge on any atom is 3.00 e. The van der Waals surface area contributed by atoms with Crippen molar-refractivity contribution < 1.29 is 48.3 Å². The van der Waals surface area contributed by atoms with Crippen LogP contribution in [0.15, 0.2) is 0 Å². The molecule has 0 atom stereocenters. The van der Waals surface area contributed by atoms with Crippen LogP contribution < -0.4 is 12.4 Å². The van der Waals surface area contributed by atoms with Crippen molar-refractivity contribution in [1.29, 1.82) is 0 Å². The SMILES string of the molecule is COC(=O)[C]1[CH][CH][CH][CH]1.[C-]#[O+].[C-]#[O+].[Cl-].[Fe+3]. The predicted octanol–water partition coefficient (Wildman–Crippen LogP) is -2.51. The van der Waals surface area contributed by atoms with E-state index >= 15 is 0 Å². The molecule has 0 heterocycles. The first-order valence-corrected chi connectivity index (χ1v) is 3.05. The number of methoxy groups -OCH3 is 1. The first-order valence-electron chi connectivity index (χ1n) is 3.05. The van der Waals surface area contributed by atoms with Gasteiger partial charge in [0.15, 0.2) is 0 Å². The molecule has 0 unspecified atom stereocenters. The molecule has 0 spiro atoms. The summed E-state index contributed by atoms with van der Waals surface area (Å²) in [6.07, 6.45) is 7.02. The minimum atomic E-state index is -0.278. The summed E-state index contributed by atoms with van der Waals surface area (Å²) in [4.78, 5) is 10.7. The first-order chi connectivity index (χ1) is 6.34. The molecule has 0 aromatic carbocycles. The number of carbonyl (C=O) groups excluding carboxylic acids is 1. The Morgan fingerprint density at radius 1 is 1.20 bits per heavy atom. The zero-order chi connectivity index (χ0) is 10.7. The summed E-state index contributed by atoms with van der Waals surface area (Å²) in [6.45, 7) is 9.00. The minimum Gasteiger partial charge on any atom is -1.00 e. The van der Waals surface area contributed by atoms with Crippen LogP contribution in [0.3, 0.4) is 0 Å². The maximum absolute atomic E-state index is 10.7. The van der Waals surface area contributed by atoms with Gasteiger partial charge < -0.3 is 17.1 Å². The molecule has 0 N–H and O–H groups in total. The Morgan fingerprint density at radius 3 is 1.80 bits per heavy atom. The molecule has 0 saturated heterocycles. The van der Waals surface area contributed by atoms with E-state index in [1.807, 2.05) is 0 Å². The summed E-state index contributed by atoms with van der Waals surface area (Å²) in [5, 5.41) is 0. The topological polar surface area (TPSA) is 66.1 Å². The third kappa shape index (κ3) is 11.7. The fourth-order valence-electron chi connectivity index (χ4n) is 0.628. The smallest absolute Gasteiger partial charge is 1.00 e. The second-order valence-electron chi connectivity index (χ2n) is 1.67. The summed E-state index contributed by atoms with van der Waals surface area (Å²) >= 11 is 0. The molecular weight excluding hydrogens is 263 g/mol. The van der Waals surface area contributed by atoms with Gasteiger partial charge in [-0.05, 0) is 25.7 Å². The number of carbonyl (C=O) groups is 1. The Bertz CT molecular complexity index is 169. The number of ether oxygens (including phenoxy) is 1. The molecule has 1 rings (SSSR count). The summed E-state index contributed by atoms with van der Waals surface area (Å²) in [5.74, 6) is 0.331. The van der Waals surface area contributed by atoms with Crippen molar-refractivity contribution in [2.24, 2.45) is 0 Å². The normalized spacial score (nSPS) is 12.3. The fraction of sp³-hybridized carbons (Fsp3) is 0.111. The van der Waals surface area contributed by atoms with Crippen molar-refractivity contribution in [3.05, 3.63) is 44.9 Å². The molecule has 1 fully saturated rings. The molecule has 6 heteroatoms. The number of rotatable bonds is 1. The van der Waals surface area contributed by atoms with E-state index in [0.717, 1.165) is 0 Å². The summed E-state index contributed by atoms with van der Waals surface area (Å²) in [5.41, 5.74) is 0. The third-order valence-electron chi connectivity index (χ3n) is 1.08. The van der Waals surface area contributed by atoms with Gasteiger partial charge in [-0.15, -0.1) is 0 Å². The third-order valence-corrected chi connectivity index (χ3v) is 1.08. The molecule has 1 aliphatic rings. The van der Waals surface area contributed by atoms with Gasteiger partial charge in [-0.3, -0.25) is 4.79 Å². The Kier molecular flexibility index (Phi) is 31.1. The molecule has 0 amide bonds. The predicted molar refractivity (Wildman–Crippen MR) is 40.3 cm³/mol. The molecule has 6 radical (unpaired) electrons. The first kappa shape index (κ1) is 24.1. The standard InChI is InChI=1S/C7H7O2.2CO.ClH.Fe/c1-9-7(8)6-4-2-3-5-6;2*1-2;;/h2-5H,1H3;;;1H;/q;;;;+3/p-1. The quantitative estimate of drug-likeness (QED) is 0.229. The average molecular weight is 270 g/mol. The van der Waals surface area contributed by atoms with Gasteiger partial charge >= 0.3 is 45.6 Å². The van der Waals surface area contributed by atoms with E-state index in [9.17, 15) is 4.79 Å². The van der Waals surface area contributed by atoms with E-state index in [1.165, 1.54) is 7.11 Å². The zero-order valence-corrected chi connectivity index (χ0v) is 9.53. The van der Waals surface area contributed by atoms with E-state index in [1.54, 1.807) is 25.7 Å². The summed E-state index contributed by atoms with van der Waals surface area (Å²) < 4.78 is 19.5. The molecular formula is C9H7ClFeO4+2. The van der Waals surface area contributed by atoms with Crippen molar-refractivity contribution in [2.75, 3.05) is 7.11 Å². The van der Waals surface area contributed by atoms with E-state index in [-0.39, 0.29) is 35.4 Å². The summed E-state index contributed by atoms with van der Waals surface area (Å²) in [6, 6.07) is 0. The molecule has 4 nitrogen and oxygen atoms in total. The van der Waals surface area contributed by atoms with Crippen LogP contribution in [0.4, 0.5) is 0 Å². The van der Waals surface area contributed by atoms with Crippen LogP contribution in [0.25, 0.3) is 0 Å². The van der Waals surface area contributed by atoms with E-state index in [4.69, 9.17) is 9.30 Å². The maximum atomic E-state index is 10.7. The molecule has 1 aliphatic carbocycles. The van der Waals surface area contributed by atoms with Crippen molar-refractivity contribution in [2.45, 2.75) is 0 Å². The summed E-state index contributed by atoms with van der Waals surface area (Å²) in [7, 11) is 1.37. The second kappa shape index (κ2) is 19.4. The van der Waals surface area contributed by atoms with Gasteiger partial charge in [-0.2, -0.15) is 0 Å². The van der Waals surface area contributed by atoms with E-state index in [2.05, 4.69) is 18.0 Å². The van der Waals surface area contributed by atoms with Crippen molar-refractivity contribution >= 4 is 5.97 Å². The fourth-order valence-corrected chi connectivity index (χ4v) is 0.628. The second-order valence-corrected chi connectivity index (χ2v) is 1.67. The van der Waals surface area contributed by atoms with Crippen LogP contribution in [0, 0.1) is 44.9 Å². The monoisotopic (exact) mass is 270 g/mol. The van der Waals surface area contributed by atoms with Crippen LogP contribution in [-0.2, 0) is 35.9 Å². The van der Waals surface area contributed by atoms with Crippen LogP contribution in [0.2, 0.25) is 0 Å². The molecule has 0 aromatic rings. The number of esters is 1. The Hall–Kier alpha value is -0.241.